The first-order valence-corrected chi connectivity index (χ1v) is 9.29. The lowest BCUT2D eigenvalue weighted by Gasteiger charge is -2.12. The molecule has 0 aromatic carbocycles. The molecule has 0 fully saturated rings. The topological polar surface area (TPSA) is 83.4 Å². The molecule has 136 valence electrons. The van der Waals surface area contributed by atoms with Crippen LogP contribution in [0.25, 0.3) is 10.2 Å². The third-order valence-corrected chi connectivity index (χ3v) is 6.04. The summed E-state index contributed by atoms with van der Waals surface area (Å²) in [6, 6.07) is 3.42. The van der Waals surface area contributed by atoms with E-state index in [9.17, 15) is 14.4 Å². The Morgan fingerprint density at radius 2 is 2.08 bits per heavy atom. The number of carbonyl (C=O) groups is 1. The number of aryl methyl sites for hydroxylation is 2. The number of furan rings is 1. The van der Waals surface area contributed by atoms with Crippen molar-refractivity contribution in [2.24, 2.45) is 0 Å². The highest BCUT2D eigenvalue weighted by Crippen LogP contribution is 2.34. The highest BCUT2D eigenvalue weighted by molar-refractivity contribution is 7.18. The molecule has 0 saturated heterocycles. The summed E-state index contributed by atoms with van der Waals surface area (Å²) in [7, 11) is 1.28. The van der Waals surface area contributed by atoms with Gasteiger partial charge in [-0.05, 0) is 43.4 Å². The molecule has 8 heteroatoms. The van der Waals surface area contributed by atoms with Gasteiger partial charge in [0.05, 0.1) is 25.3 Å². The monoisotopic (exact) mass is 374 g/mol. The minimum atomic E-state index is -0.525. The SMILES string of the molecule is COC(=O)Cn1c(=O)n(Cc2ccco2)c(=O)c2c3c(sc21)CCCC3. The molecule has 0 amide bonds. The zero-order chi connectivity index (χ0) is 18.3. The summed E-state index contributed by atoms with van der Waals surface area (Å²) in [4.78, 5) is 39.6. The van der Waals surface area contributed by atoms with Crippen molar-refractivity contribution in [3.8, 4) is 0 Å². The summed E-state index contributed by atoms with van der Waals surface area (Å²) in [5.41, 5.74) is 0.179. The summed E-state index contributed by atoms with van der Waals surface area (Å²) in [6.45, 7) is -0.184. The average Bonchev–Trinajstić information content (AvgIpc) is 3.29. The standard InChI is InChI=1S/C18H18N2O5S/c1-24-14(21)10-20-17-15(12-6-2-3-7-13(12)26-17)16(22)19(18(20)23)9-11-5-4-8-25-11/h4-5,8H,2-3,6-7,9-10H2,1H3. The van der Waals surface area contributed by atoms with Crippen LogP contribution < -0.4 is 11.2 Å². The number of carbonyl (C=O) groups excluding carboxylic acids is 1. The predicted molar refractivity (Wildman–Crippen MR) is 96.8 cm³/mol. The molecule has 0 spiro atoms. The highest BCUT2D eigenvalue weighted by Gasteiger charge is 2.24. The summed E-state index contributed by atoms with van der Waals surface area (Å²) >= 11 is 1.44. The molecule has 4 rings (SSSR count). The fourth-order valence-electron chi connectivity index (χ4n) is 3.45. The molecular formula is C18H18N2O5S. The molecule has 7 nitrogen and oxygen atoms in total. The highest BCUT2D eigenvalue weighted by atomic mass is 32.1. The second kappa shape index (κ2) is 6.60. The Bertz CT molecular complexity index is 1090. The van der Waals surface area contributed by atoms with Crippen LogP contribution in [0.2, 0.25) is 0 Å². The maximum Gasteiger partial charge on any atom is 0.333 e. The molecule has 1 aliphatic rings. The first kappa shape index (κ1) is 16.8. The van der Waals surface area contributed by atoms with Gasteiger partial charge in [0, 0.05) is 4.88 Å². The van der Waals surface area contributed by atoms with Gasteiger partial charge in [-0.3, -0.25) is 18.7 Å². The molecule has 0 atom stereocenters. The first-order chi connectivity index (χ1) is 12.6. The fourth-order valence-corrected chi connectivity index (χ4v) is 4.82. The molecule has 26 heavy (non-hydrogen) atoms. The number of nitrogens with zero attached hydrogens (tertiary/aromatic N) is 2. The number of aromatic nitrogens is 2. The zero-order valence-electron chi connectivity index (χ0n) is 14.3. The second-order valence-corrected chi connectivity index (χ2v) is 7.39. The van der Waals surface area contributed by atoms with Gasteiger partial charge in [0.1, 0.15) is 17.1 Å². The lowest BCUT2D eigenvalue weighted by molar-refractivity contribution is -0.141. The average molecular weight is 374 g/mol. The maximum atomic E-state index is 13.1. The maximum absolute atomic E-state index is 13.1. The van der Waals surface area contributed by atoms with Gasteiger partial charge >= 0.3 is 11.7 Å². The Kier molecular flexibility index (Phi) is 4.28. The number of fused-ring (bicyclic) bond motifs is 3. The first-order valence-electron chi connectivity index (χ1n) is 8.47. The van der Waals surface area contributed by atoms with E-state index in [0.717, 1.165) is 40.7 Å². The number of rotatable bonds is 4. The lowest BCUT2D eigenvalue weighted by Crippen LogP contribution is -2.41. The van der Waals surface area contributed by atoms with Crippen molar-refractivity contribution in [2.45, 2.75) is 38.8 Å². The van der Waals surface area contributed by atoms with Crippen LogP contribution in [0, 0.1) is 0 Å². The van der Waals surface area contributed by atoms with E-state index >= 15 is 0 Å². The zero-order valence-corrected chi connectivity index (χ0v) is 15.1. The molecule has 3 aromatic heterocycles. The summed E-state index contributed by atoms with van der Waals surface area (Å²) in [6.07, 6.45) is 5.31. The van der Waals surface area contributed by atoms with Crippen LogP contribution in [0.15, 0.2) is 32.4 Å². The largest absolute Gasteiger partial charge is 0.468 e. The summed E-state index contributed by atoms with van der Waals surface area (Å²) in [5, 5.41) is 0.555. The molecule has 1 aliphatic carbocycles. The van der Waals surface area contributed by atoms with E-state index < -0.39 is 11.7 Å². The van der Waals surface area contributed by atoms with Crippen LogP contribution in [0.4, 0.5) is 0 Å². The van der Waals surface area contributed by atoms with Gasteiger partial charge in [-0.2, -0.15) is 0 Å². The normalized spacial score (nSPS) is 13.7. The van der Waals surface area contributed by atoms with Crippen LogP contribution in [0.1, 0.15) is 29.0 Å². The number of hydrogen-bond acceptors (Lipinski definition) is 6. The van der Waals surface area contributed by atoms with Gasteiger partial charge in [0.25, 0.3) is 5.56 Å². The lowest BCUT2D eigenvalue weighted by atomic mass is 9.97. The van der Waals surface area contributed by atoms with Crippen molar-refractivity contribution in [1.29, 1.82) is 0 Å². The van der Waals surface area contributed by atoms with E-state index in [0.29, 0.717) is 16.0 Å². The number of methoxy groups -OCH3 is 1. The Balaban J connectivity index is 2.00. The van der Waals surface area contributed by atoms with Gasteiger partial charge in [0.2, 0.25) is 0 Å². The number of hydrogen-bond donors (Lipinski definition) is 0. The summed E-state index contributed by atoms with van der Waals surface area (Å²) < 4.78 is 12.5. The van der Waals surface area contributed by atoms with Crippen LogP contribution >= 0.6 is 11.3 Å². The van der Waals surface area contributed by atoms with E-state index in [1.807, 2.05) is 0 Å². The Morgan fingerprint density at radius 1 is 1.27 bits per heavy atom. The van der Waals surface area contributed by atoms with Crippen LogP contribution in [-0.2, 0) is 35.5 Å². The third kappa shape index (κ3) is 2.70. The van der Waals surface area contributed by atoms with Crippen molar-refractivity contribution in [3.63, 3.8) is 0 Å². The Morgan fingerprint density at radius 3 is 2.81 bits per heavy atom. The fraction of sp³-hybridized carbons (Fsp3) is 0.389. The smallest absolute Gasteiger partial charge is 0.333 e. The van der Waals surface area contributed by atoms with Crippen molar-refractivity contribution >= 4 is 27.5 Å². The molecule has 0 radical (unpaired) electrons. The molecule has 0 bridgehead atoms. The quantitative estimate of drug-likeness (QED) is 0.652. The Labute approximate surface area is 152 Å². The molecule has 0 unspecified atom stereocenters. The number of thiophene rings is 1. The van der Waals surface area contributed by atoms with Crippen molar-refractivity contribution in [3.05, 3.63) is 55.4 Å². The minimum Gasteiger partial charge on any atom is -0.468 e. The van der Waals surface area contributed by atoms with Crippen LogP contribution in [0.3, 0.4) is 0 Å². The van der Waals surface area contributed by atoms with Gasteiger partial charge in [-0.25, -0.2) is 4.79 Å². The minimum absolute atomic E-state index is 0.0341. The van der Waals surface area contributed by atoms with Crippen LogP contribution in [-0.4, -0.2) is 22.2 Å². The third-order valence-electron chi connectivity index (χ3n) is 4.73. The van der Waals surface area contributed by atoms with Crippen LogP contribution in [0.5, 0.6) is 0 Å². The van der Waals surface area contributed by atoms with Gasteiger partial charge in [-0.15, -0.1) is 11.3 Å². The van der Waals surface area contributed by atoms with E-state index in [1.165, 1.54) is 29.3 Å². The predicted octanol–water partition coefficient (Wildman–Crippen LogP) is 1.92. The molecule has 3 heterocycles. The van der Waals surface area contributed by atoms with Crippen molar-refractivity contribution in [1.82, 2.24) is 9.13 Å². The number of ether oxygens (including phenoxy) is 1. The van der Waals surface area contributed by atoms with Crippen molar-refractivity contribution in [2.75, 3.05) is 7.11 Å². The van der Waals surface area contributed by atoms with E-state index in [4.69, 9.17) is 9.15 Å². The molecule has 0 N–H and O–H groups in total. The molecule has 0 saturated carbocycles. The van der Waals surface area contributed by atoms with Gasteiger partial charge in [0.15, 0.2) is 0 Å². The van der Waals surface area contributed by atoms with Gasteiger partial charge < -0.3 is 9.15 Å². The summed E-state index contributed by atoms with van der Waals surface area (Å²) in [5.74, 6) is -0.0137. The molecule has 3 aromatic rings. The number of esters is 1. The van der Waals surface area contributed by atoms with E-state index in [2.05, 4.69) is 0 Å². The second-order valence-electron chi connectivity index (χ2n) is 6.31. The van der Waals surface area contributed by atoms with E-state index in [1.54, 1.807) is 12.1 Å². The Hall–Kier alpha value is -2.61. The molecule has 0 aliphatic heterocycles. The molecular weight excluding hydrogens is 356 g/mol. The van der Waals surface area contributed by atoms with E-state index in [-0.39, 0.29) is 18.6 Å². The van der Waals surface area contributed by atoms with Crippen molar-refractivity contribution < 1.29 is 13.9 Å². The van der Waals surface area contributed by atoms with Gasteiger partial charge in [-0.1, -0.05) is 0 Å².